The fourth-order valence-electron chi connectivity index (χ4n) is 5.06. The van der Waals surface area contributed by atoms with Gasteiger partial charge in [0, 0.05) is 50.0 Å². The number of hydrogen-bond acceptors (Lipinski definition) is 6. The predicted molar refractivity (Wildman–Crippen MR) is 144 cm³/mol. The summed E-state index contributed by atoms with van der Waals surface area (Å²) in [5.74, 6) is 1.16. The van der Waals surface area contributed by atoms with Crippen molar-refractivity contribution in [2.24, 2.45) is 0 Å². The highest BCUT2D eigenvalue weighted by Gasteiger charge is 2.40. The molecule has 8 nitrogen and oxygen atoms in total. The second-order valence-electron chi connectivity index (χ2n) is 9.66. The van der Waals surface area contributed by atoms with Crippen LogP contribution in [0.1, 0.15) is 35.6 Å². The molecule has 2 aliphatic heterocycles. The molecule has 0 spiro atoms. The molecule has 1 unspecified atom stereocenters. The van der Waals surface area contributed by atoms with Crippen LogP contribution in [0.4, 0.5) is 4.79 Å². The maximum atomic E-state index is 12.6. The lowest BCUT2D eigenvalue weighted by atomic mass is 9.99. The average molecular weight is 535 g/mol. The molecular weight excluding hydrogens is 504 g/mol. The van der Waals surface area contributed by atoms with Crippen molar-refractivity contribution in [2.45, 2.75) is 37.9 Å². The number of carbonyl (C=O) groups is 2. The maximum absolute atomic E-state index is 12.6. The number of pyridine rings is 1. The number of likely N-dealkylation sites (N-methyl/N-ethyl adjacent to an activating group) is 1. The van der Waals surface area contributed by atoms with E-state index < -0.39 is 0 Å². The van der Waals surface area contributed by atoms with Crippen molar-refractivity contribution in [3.05, 3.63) is 88.6 Å². The van der Waals surface area contributed by atoms with Crippen LogP contribution in [0.3, 0.4) is 0 Å². The first kappa shape index (κ1) is 26.0. The number of piperidine rings is 1. The monoisotopic (exact) mass is 534 g/mol. The van der Waals surface area contributed by atoms with Crippen molar-refractivity contribution in [3.63, 3.8) is 0 Å². The number of nitrogens with one attached hydrogen (secondary N) is 1. The Labute approximate surface area is 227 Å². The van der Waals surface area contributed by atoms with E-state index in [0.717, 1.165) is 49.2 Å². The molecule has 2 saturated heterocycles. The van der Waals surface area contributed by atoms with Crippen LogP contribution >= 0.6 is 11.6 Å². The summed E-state index contributed by atoms with van der Waals surface area (Å²) < 4.78 is 11.3. The minimum absolute atomic E-state index is 0.0274. The third kappa shape index (κ3) is 6.26. The second kappa shape index (κ2) is 11.8. The molecule has 1 aromatic heterocycles. The first-order valence-corrected chi connectivity index (χ1v) is 13.2. The lowest BCUT2D eigenvalue weighted by Crippen LogP contribution is -2.46. The second-order valence-corrected chi connectivity index (χ2v) is 10.1. The number of ether oxygens (including phenoxy) is 2. The van der Waals surface area contributed by atoms with Crippen molar-refractivity contribution in [2.75, 3.05) is 26.7 Å². The summed E-state index contributed by atoms with van der Waals surface area (Å²) >= 11 is 6.19. The Balaban J connectivity index is 1.12. The summed E-state index contributed by atoms with van der Waals surface area (Å²) in [7, 11) is 1.63. The summed E-state index contributed by atoms with van der Waals surface area (Å²) in [5.41, 5.74) is 3.04. The first-order valence-electron chi connectivity index (χ1n) is 12.8. The molecule has 38 heavy (non-hydrogen) atoms. The van der Waals surface area contributed by atoms with E-state index in [2.05, 4.69) is 15.2 Å². The summed E-state index contributed by atoms with van der Waals surface area (Å²) in [6.07, 6.45) is 3.71. The van der Waals surface area contributed by atoms with Gasteiger partial charge in [-0.2, -0.15) is 0 Å². The van der Waals surface area contributed by atoms with E-state index in [-0.39, 0.29) is 24.1 Å². The van der Waals surface area contributed by atoms with Gasteiger partial charge in [-0.1, -0.05) is 41.9 Å². The van der Waals surface area contributed by atoms with E-state index in [1.54, 1.807) is 7.05 Å². The molecular formula is C29H31ClN4O4. The van der Waals surface area contributed by atoms with Gasteiger partial charge in [-0.15, -0.1) is 0 Å². The average Bonchev–Trinajstić information content (AvgIpc) is 3.32. The number of nitrogens with zero attached hydrogens (tertiary/aromatic N) is 3. The Bertz CT molecular complexity index is 1260. The van der Waals surface area contributed by atoms with Gasteiger partial charge < -0.3 is 14.8 Å². The van der Waals surface area contributed by atoms with Gasteiger partial charge in [-0.25, -0.2) is 9.78 Å². The van der Waals surface area contributed by atoms with Gasteiger partial charge in [-0.05, 0) is 53.8 Å². The zero-order chi connectivity index (χ0) is 26.5. The van der Waals surface area contributed by atoms with Gasteiger partial charge in [0.1, 0.15) is 12.4 Å². The molecule has 2 aromatic carbocycles. The number of benzene rings is 2. The lowest BCUT2D eigenvalue weighted by Gasteiger charge is -2.38. The molecule has 0 radical (unpaired) electrons. The third-order valence-electron chi connectivity index (χ3n) is 7.09. The molecule has 198 valence electrons. The van der Waals surface area contributed by atoms with Gasteiger partial charge >= 0.3 is 6.09 Å². The number of likely N-dealkylation sites (tertiary alicyclic amines) is 1. The Hall–Kier alpha value is -3.62. The first-order chi connectivity index (χ1) is 18.5. The topological polar surface area (TPSA) is 84.0 Å². The number of hydrogen-bond donors (Lipinski definition) is 1. The van der Waals surface area contributed by atoms with Crippen molar-refractivity contribution in [1.82, 2.24) is 20.1 Å². The Morgan fingerprint density at radius 1 is 1.11 bits per heavy atom. The Morgan fingerprint density at radius 2 is 1.87 bits per heavy atom. The van der Waals surface area contributed by atoms with Crippen LogP contribution in [-0.4, -0.2) is 59.6 Å². The van der Waals surface area contributed by atoms with Crippen molar-refractivity contribution >= 4 is 23.6 Å². The van der Waals surface area contributed by atoms with E-state index in [4.69, 9.17) is 21.1 Å². The fraction of sp³-hybridized carbons (Fsp3) is 0.345. The highest BCUT2D eigenvalue weighted by atomic mass is 35.5. The summed E-state index contributed by atoms with van der Waals surface area (Å²) in [6.45, 7) is 2.92. The summed E-state index contributed by atoms with van der Waals surface area (Å²) in [5, 5.41) is 3.28. The van der Waals surface area contributed by atoms with E-state index >= 15 is 0 Å². The Morgan fingerprint density at radius 3 is 2.55 bits per heavy atom. The minimum atomic E-state index is -0.241. The van der Waals surface area contributed by atoms with Gasteiger partial charge in [0.25, 0.3) is 0 Å². The van der Waals surface area contributed by atoms with Crippen LogP contribution in [-0.2, 0) is 22.5 Å². The molecule has 3 aromatic rings. The molecule has 5 rings (SSSR count). The van der Waals surface area contributed by atoms with Crippen LogP contribution < -0.4 is 10.1 Å². The smallest absolute Gasteiger partial charge is 0.410 e. The van der Waals surface area contributed by atoms with Crippen LogP contribution in [0.25, 0.3) is 0 Å². The third-order valence-corrected chi connectivity index (χ3v) is 7.32. The standard InChI is InChI=1S/C29H31ClN4O4/c1-31-27(35)15-20-5-8-25(9-6-20)38-28-10-7-21(17-32-28)18-33-13-11-24(12-14-33)34-26(19-37-29(34)36)22-3-2-4-23(30)16-22/h2-10,16-17,24,26H,11-15,18-19H2,1H3,(H,31,35). The zero-order valence-corrected chi connectivity index (χ0v) is 22.1. The molecule has 0 saturated carbocycles. The van der Waals surface area contributed by atoms with Crippen molar-refractivity contribution in [1.29, 1.82) is 0 Å². The molecule has 1 atom stereocenters. The molecule has 2 aliphatic rings. The molecule has 1 N–H and O–H groups in total. The summed E-state index contributed by atoms with van der Waals surface area (Å²) in [6, 6.07) is 19.0. The fourth-order valence-corrected chi connectivity index (χ4v) is 5.25. The highest BCUT2D eigenvalue weighted by Crippen LogP contribution is 2.34. The van der Waals surface area contributed by atoms with Crippen LogP contribution in [0.15, 0.2) is 66.9 Å². The van der Waals surface area contributed by atoms with Gasteiger partial charge in [0.2, 0.25) is 11.8 Å². The van der Waals surface area contributed by atoms with E-state index in [1.807, 2.05) is 71.8 Å². The number of aromatic nitrogens is 1. The van der Waals surface area contributed by atoms with E-state index in [1.165, 1.54) is 0 Å². The quantitative estimate of drug-likeness (QED) is 0.439. The lowest BCUT2D eigenvalue weighted by molar-refractivity contribution is -0.119. The molecule has 2 fully saturated rings. The maximum Gasteiger partial charge on any atom is 0.410 e. The minimum Gasteiger partial charge on any atom is -0.447 e. The van der Waals surface area contributed by atoms with Gasteiger partial charge in [-0.3, -0.25) is 14.6 Å². The molecule has 0 aliphatic carbocycles. The van der Waals surface area contributed by atoms with E-state index in [9.17, 15) is 9.59 Å². The normalized spacial score (nSPS) is 18.3. The number of rotatable bonds is 8. The number of halogens is 1. The van der Waals surface area contributed by atoms with Gasteiger partial charge in [0.05, 0.1) is 12.5 Å². The van der Waals surface area contributed by atoms with Crippen molar-refractivity contribution in [3.8, 4) is 11.6 Å². The highest BCUT2D eigenvalue weighted by molar-refractivity contribution is 6.30. The number of carbonyl (C=O) groups excluding carboxylic acids is 2. The van der Waals surface area contributed by atoms with Crippen LogP contribution in [0.5, 0.6) is 11.6 Å². The van der Waals surface area contributed by atoms with Crippen molar-refractivity contribution < 1.29 is 19.1 Å². The van der Waals surface area contributed by atoms with Crippen LogP contribution in [0, 0.1) is 0 Å². The molecule has 0 bridgehead atoms. The predicted octanol–water partition coefficient (Wildman–Crippen LogP) is 4.97. The van der Waals surface area contributed by atoms with E-state index in [0.29, 0.717) is 29.7 Å². The molecule has 2 amide bonds. The SMILES string of the molecule is CNC(=O)Cc1ccc(Oc2ccc(CN3CCC(N4C(=O)OCC4c4cccc(Cl)c4)CC3)cn2)cc1. The Kier molecular flexibility index (Phi) is 8.10. The summed E-state index contributed by atoms with van der Waals surface area (Å²) in [4.78, 5) is 32.8. The largest absolute Gasteiger partial charge is 0.447 e. The number of amides is 2. The number of cyclic esters (lactones) is 1. The zero-order valence-electron chi connectivity index (χ0n) is 21.3. The molecule has 3 heterocycles. The van der Waals surface area contributed by atoms with Crippen LogP contribution in [0.2, 0.25) is 5.02 Å². The van der Waals surface area contributed by atoms with Gasteiger partial charge in [0.15, 0.2) is 0 Å². The molecule has 9 heteroatoms.